The fourth-order valence-corrected chi connectivity index (χ4v) is 7.92. The maximum atomic E-state index is 13.5. The summed E-state index contributed by atoms with van der Waals surface area (Å²) in [5, 5.41) is 1.97. The highest BCUT2D eigenvalue weighted by molar-refractivity contribution is 5.93. The zero-order chi connectivity index (χ0) is 30.8. The van der Waals surface area contributed by atoms with E-state index >= 15 is 0 Å². The lowest BCUT2D eigenvalue weighted by molar-refractivity contribution is -0.142. The van der Waals surface area contributed by atoms with Crippen LogP contribution in [0, 0.1) is 0 Å². The smallest absolute Gasteiger partial charge is 0.306 e. The van der Waals surface area contributed by atoms with Gasteiger partial charge in [-0.05, 0) is 52.9 Å². The van der Waals surface area contributed by atoms with Gasteiger partial charge in [-0.2, -0.15) is 0 Å². The van der Waals surface area contributed by atoms with Gasteiger partial charge in [-0.1, -0.05) is 84.9 Å². The first kappa shape index (κ1) is 27.2. The number of hydrogen-bond donors (Lipinski definition) is 0. The van der Waals surface area contributed by atoms with E-state index in [9.17, 15) is 9.59 Å². The predicted molar refractivity (Wildman–Crippen MR) is 174 cm³/mol. The molecule has 4 aromatic carbocycles. The number of carbonyl (C=O) groups is 2. The van der Waals surface area contributed by atoms with E-state index in [1.165, 1.54) is 14.2 Å². The average Bonchev–Trinajstić information content (AvgIpc) is 3.48. The minimum atomic E-state index is -0.871. The average molecular weight is 591 g/mol. The van der Waals surface area contributed by atoms with Crippen LogP contribution in [0.15, 0.2) is 109 Å². The third kappa shape index (κ3) is 3.95. The second-order valence-electron chi connectivity index (χ2n) is 12.1. The van der Waals surface area contributed by atoms with Gasteiger partial charge in [0.1, 0.15) is 0 Å². The van der Waals surface area contributed by atoms with Crippen molar-refractivity contribution >= 4 is 33.7 Å². The molecule has 6 nitrogen and oxygen atoms in total. The van der Waals surface area contributed by atoms with Crippen molar-refractivity contribution in [1.29, 1.82) is 0 Å². The van der Waals surface area contributed by atoms with Crippen LogP contribution in [0.3, 0.4) is 0 Å². The molecule has 0 N–H and O–H groups in total. The van der Waals surface area contributed by atoms with E-state index in [2.05, 4.69) is 48.5 Å². The lowest BCUT2D eigenvalue weighted by atomic mass is 9.60. The second kappa shape index (κ2) is 10.1. The number of para-hydroxylation sites is 2. The summed E-state index contributed by atoms with van der Waals surface area (Å²) < 4.78 is 10.8. The van der Waals surface area contributed by atoms with Crippen LogP contribution in [-0.4, -0.2) is 36.1 Å². The molecule has 8 rings (SSSR count). The standard InChI is InChI=1S/C39H30N2O4/c1-44-34(42)21-38(28-15-7-5-13-26(28)36-30(38)19-24-11-3-9-17-32(24)40-36)23-39(22-35(43)45-2)29-16-8-6-14-27(29)37-31(39)20-25-12-4-10-18-33(25)41-37/h3-20H,21-23H2,1-2H3. The molecule has 45 heavy (non-hydrogen) atoms. The summed E-state index contributed by atoms with van der Waals surface area (Å²) in [6, 6.07) is 36.8. The third-order valence-electron chi connectivity index (χ3n) is 9.83. The fourth-order valence-electron chi connectivity index (χ4n) is 7.92. The van der Waals surface area contributed by atoms with Crippen LogP contribution in [-0.2, 0) is 29.9 Å². The van der Waals surface area contributed by atoms with Crippen molar-refractivity contribution in [3.05, 3.63) is 131 Å². The van der Waals surface area contributed by atoms with Gasteiger partial charge in [-0.15, -0.1) is 0 Å². The zero-order valence-electron chi connectivity index (χ0n) is 25.0. The van der Waals surface area contributed by atoms with Crippen LogP contribution in [0.4, 0.5) is 0 Å². The molecule has 0 saturated heterocycles. The molecule has 0 amide bonds. The summed E-state index contributed by atoms with van der Waals surface area (Å²) in [6.45, 7) is 0. The van der Waals surface area contributed by atoms with Crippen LogP contribution < -0.4 is 0 Å². The van der Waals surface area contributed by atoms with E-state index in [0.29, 0.717) is 6.42 Å². The van der Waals surface area contributed by atoms with Crippen molar-refractivity contribution in [2.24, 2.45) is 0 Å². The molecule has 6 aromatic rings. The largest absolute Gasteiger partial charge is 0.469 e. The minimum absolute atomic E-state index is 0.0783. The number of methoxy groups -OCH3 is 2. The fraction of sp³-hybridized carbons (Fsp3) is 0.179. The Morgan fingerprint density at radius 1 is 0.556 bits per heavy atom. The molecule has 6 heteroatoms. The molecule has 0 fully saturated rings. The Hall–Kier alpha value is -5.36. The molecular formula is C39H30N2O4. The maximum absolute atomic E-state index is 13.5. The highest BCUT2D eigenvalue weighted by Gasteiger charge is 2.55. The molecule has 2 aliphatic rings. The Balaban J connectivity index is 1.47. The molecule has 0 radical (unpaired) electrons. The first-order valence-corrected chi connectivity index (χ1v) is 15.1. The summed E-state index contributed by atoms with van der Waals surface area (Å²) in [6.07, 6.45) is 0.558. The van der Waals surface area contributed by atoms with Crippen LogP contribution in [0.1, 0.15) is 41.5 Å². The second-order valence-corrected chi connectivity index (χ2v) is 12.1. The molecule has 0 saturated carbocycles. The number of carbonyl (C=O) groups excluding carboxylic acids is 2. The number of hydrogen-bond acceptors (Lipinski definition) is 6. The summed E-state index contributed by atoms with van der Waals surface area (Å²) in [7, 11) is 2.85. The number of benzene rings is 4. The van der Waals surface area contributed by atoms with Crippen LogP contribution in [0.25, 0.3) is 44.3 Å². The number of nitrogens with zero attached hydrogens (tertiary/aromatic N) is 2. The van der Waals surface area contributed by atoms with Crippen molar-refractivity contribution < 1.29 is 19.1 Å². The summed E-state index contributed by atoms with van der Waals surface area (Å²) in [4.78, 5) is 37.4. The Bertz CT molecular complexity index is 2040. The molecule has 2 heterocycles. The van der Waals surface area contributed by atoms with E-state index in [1.54, 1.807) is 0 Å². The van der Waals surface area contributed by atoms with Gasteiger partial charge in [0.05, 0.1) is 49.5 Å². The Kier molecular flexibility index (Phi) is 6.10. The quantitative estimate of drug-likeness (QED) is 0.187. The van der Waals surface area contributed by atoms with Crippen LogP contribution in [0.5, 0.6) is 0 Å². The SMILES string of the molecule is COC(=O)CC1(CC2(CC(=O)OC)c3ccccc3-c3nc4ccccc4cc32)c2ccccc2-c2nc3ccccc3cc21. The third-order valence-corrected chi connectivity index (χ3v) is 9.83. The minimum Gasteiger partial charge on any atom is -0.469 e. The molecule has 2 atom stereocenters. The van der Waals surface area contributed by atoms with Crippen LogP contribution >= 0.6 is 0 Å². The van der Waals surface area contributed by atoms with E-state index in [4.69, 9.17) is 19.4 Å². The number of fused-ring (bicyclic) bond motifs is 8. The number of pyridine rings is 2. The monoisotopic (exact) mass is 590 g/mol. The van der Waals surface area contributed by atoms with E-state index in [1.807, 2.05) is 60.7 Å². The Morgan fingerprint density at radius 3 is 1.40 bits per heavy atom. The normalized spacial score (nSPS) is 19.1. The molecule has 2 aromatic heterocycles. The highest BCUT2D eigenvalue weighted by Crippen LogP contribution is 2.61. The number of aromatic nitrogens is 2. The Labute approximate surface area is 260 Å². The van der Waals surface area contributed by atoms with E-state index < -0.39 is 10.8 Å². The first-order chi connectivity index (χ1) is 22.0. The van der Waals surface area contributed by atoms with Crippen LogP contribution in [0.2, 0.25) is 0 Å². The van der Waals surface area contributed by atoms with Crippen molar-refractivity contribution in [3.63, 3.8) is 0 Å². The lowest BCUT2D eigenvalue weighted by Gasteiger charge is -2.41. The molecule has 0 aliphatic heterocycles. The van der Waals surface area contributed by atoms with Gasteiger partial charge in [0.15, 0.2) is 0 Å². The van der Waals surface area contributed by atoms with Gasteiger partial charge in [0.2, 0.25) is 0 Å². The van der Waals surface area contributed by atoms with Gasteiger partial charge in [-0.3, -0.25) is 9.59 Å². The topological polar surface area (TPSA) is 78.4 Å². The van der Waals surface area contributed by atoms with Gasteiger partial charge in [0.25, 0.3) is 0 Å². The van der Waals surface area contributed by atoms with Crippen molar-refractivity contribution in [3.8, 4) is 22.5 Å². The van der Waals surface area contributed by atoms with Gasteiger partial charge in [0, 0.05) is 32.7 Å². The van der Waals surface area contributed by atoms with E-state index in [-0.39, 0.29) is 24.8 Å². The van der Waals surface area contributed by atoms with Gasteiger partial charge < -0.3 is 9.47 Å². The molecule has 2 aliphatic carbocycles. The summed E-state index contributed by atoms with van der Waals surface area (Å²) in [5.41, 5.74) is 7.61. The lowest BCUT2D eigenvalue weighted by Crippen LogP contribution is -2.41. The molecule has 2 unspecified atom stereocenters. The molecule has 220 valence electrons. The van der Waals surface area contributed by atoms with Gasteiger partial charge in [-0.25, -0.2) is 9.97 Å². The van der Waals surface area contributed by atoms with Crippen molar-refractivity contribution in [1.82, 2.24) is 9.97 Å². The highest BCUT2D eigenvalue weighted by atomic mass is 16.5. The van der Waals surface area contributed by atoms with Crippen molar-refractivity contribution in [2.45, 2.75) is 30.1 Å². The number of rotatable bonds is 6. The maximum Gasteiger partial charge on any atom is 0.306 e. The summed E-state index contributed by atoms with van der Waals surface area (Å²) >= 11 is 0. The van der Waals surface area contributed by atoms with Gasteiger partial charge >= 0.3 is 11.9 Å². The predicted octanol–water partition coefficient (Wildman–Crippen LogP) is 7.53. The van der Waals surface area contributed by atoms with Crippen molar-refractivity contribution in [2.75, 3.05) is 14.2 Å². The number of ether oxygens (including phenoxy) is 2. The summed E-state index contributed by atoms with van der Waals surface area (Å²) in [5.74, 6) is -0.663. The molecular weight excluding hydrogens is 560 g/mol. The zero-order valence-corrected chi connectivity index (χ0v) is 25.0. The van der Waals surface area contributed by atoms with E-state index in [0.717, 1.165) is 66.6 Å². The molecule has 0 spiro atoms. The molecule has 0 bridgehead atoms. The Morgan fingerprint density at radius 2 is 0.956 bits per heavy atom. The number of esters is 2. The first-order valence-electron chi connectivity index (χ1n) is 15.1.